The molecule has 4 heteroatoms. The van der Waals surface area contributed by atoms with Crippen LogP contribution in [0.25, 0.3) is 11.1 Å². The highest BCUT2D eigenvalue weighted by atomic mass is 16.5. The molecule has 0 radical (unpaired) electrons. The molecular formula is C23H28N2O2. The van der Waals surface area contributed by atoms with Crippen LogP contribution in [0.5, 0.6) is 0 Å². The van der Waals surface area contributed by atoms with Crippen LogP contribution < -0.4 is 0 Å². The zero-order chi connectivity index (χ0) is 18.9. The standard InChI is InChI=1S/C23H28N2O2/c1-17-21(19(11-14-24-17)18-8-4-3-5-9-18)22(26)25-15-7-13-23(16-25)12-6-10-20(23)27-2/h3-5,8-9,11,14,20H,6-7,10,12-13,15-16H2,1-2H3/t20-,23-/m1/s1. The Hall–Kier alpha value is -2.20. The summed E-state index contributed by atoms with van der Waals surface area (Å²) in [4.78, 5) is 20.1. The van der Waals surface area contributed by atoms with Crippen LogP contribution in [0, 0.1) is 12.3 Å². The third-order valence-corrected chi connectivity index (χ3v) is 6.44. The number of nitrogens with zero attached hydrogens (tertiary/aromatic N) is 2. The minimum absolute atomic E-state index is 0.111. The van der Waals surface area contributed by atoms with Gasteiger partial charge in [0.1, 0.15) is 0 Å². The van der Waals surface area contributed by atoms with E-state index in [4.69, 9.17) is 4.74 Å². The lowest BCUT2D eigenvalue weighted by molar-refractivity contribution is -0.0295. The second kappa shape index (κ2) is 7.43. The van der Waals surface area contributed by atoms with Gasteiger partial charge in [0.25, 0.3) is 5.91 Å². The molecule has 142 valence electrons. The third kappa shape index (κ3) is 3.27. The van der Waals surface area contributed by atoms with E-state index in [1.54, 1.807) is 6.20 Å². The van der Waals surface area contributed by atoms with E-state index in [-0.39, 0.29) is 17.4 Å². The van der Waals surface area contributed by atoms with Crippen molar-refractivity contribution >= 4 is 5.91 Å². The number of rotatable bonds is 3. The predicted octanol–water partition coefficient (Wildman–Crippen LogP) is 4.48. The van der Waals surface area contributed by atoms with Crippen molar-refractivity contribution in [2.45, 2.75) is 45.1 Å². The van der Waals surface area contributed by atoms with Gasteiger partial charge in [0.15, 0.2) is 0 Å². The van der Waals surface area contributed by atoms with Crippen LogP contribution in [0.15, 0.2) is 42.6 Å². The summed E-state index contributed by atoms with van der Waals surface area (Å²) in [5.41, 5.74) is 3.71. The number of hydrogen-bond acceptors (Lipinski definition) is 3. The van der Waals surface area contributed by atoms with Gasteiger partial charge in [-0.1, -0.05) is 36.8 Å². The first-order valence-corrected chi connectivity index (χ1v) is 9.98. The van der Waals surface area contributed by atoms with Crippen LogP contribution in [0.3, 0.4) is 0 Å². The quantitative estimate of drug-likeness (QED) is 0.806. The summed E-state index contributed by atoms with van der Waals surface area (Å²) < 4.78 is 5.80. The number of methoxy groups -OCH3 is 1. The van der Waals surface area contributed by atoms with Gasteiger partial charge in [-0.25, -0.2) is 0 Å². The van der Waals surface area contributed by atoms with E-state index in [9.17, 15) is 4.79 Å². The lowest BCUT2D eigenvalue weighted by Gasteiger charge is -2.43. The number of carbonyl (C=O) groups is 1. The van der Waals surface area contributed by atoms with Crippen molar-refractivity contribution in [3.8, 4) is 11.1 Å². The molecule has 1 aliphatic carbocycles. The van der Waals surface area contributed by atoms with Crippen LogP contribution in [-0.2, 0) is 4.74 Å². The fraction of sp³-hybridized carbons (Fsp3) is 0.478. The number of amides is 1. The molecule has 1 aromatic heterocycles. The maximum atomic E-state index is 13.6. The first-order chi connectivity index (χ1) is 13.1. The zero-order valence-electron chi connectivity index (χ0n) is 16.3. The molecule has 0 N–H and O–H groups in total. The molecule has 4 rings (SSSR count). The molecule has 4 nitrogen and oxygen atoms in total. The molecule has 2 fully saturated rings. The molecule has 27 heavy (non-hydrogen) atoms. The van der Waals surface area contributed by atoms with E-state index < -0.39 is 0 Å². The zero-order valence-corrected chi connectivity index (χ0v) is 16.3. The number of aromatic nitrogens is 1. The Morgan fingerprint density at radius 1 is 1.19 bits per heavy atom. The average molecular weight is 364 g/mol. The Morgan fingerprint density at radius 2 is 1.96 bits per heavy atom. The van der Waals surface area contributed by atoms with Crippen LogP contribution >= 0.6 is 0 Å². The van der Waals surface area contributed by atoms with E-state index >= 15 is 0 Å². The molecule has 2 atom stereocenters. The van der Waals surface area contributed by atoms with Crippen molar-refractivity contribution in [3.63, 3.8) is 0 Å². The average Bonchev–Trinajstić information content (AvgIpc) is 3.09. The number of likely N-dealkylation sites (tertiary alicyclic amines) is 1. The molecule has 0 bridgehead atoms. The second-order valence-corrected chi connectivity index (χ2v) is 7.99. The molecule has 2 aliphatic rings. The van der Waals surface area contributed by atoms with Gasteiger partial charge in [-0.05, 0) is 49.8 Å². The van der Waals surface area contributed by atoms with E-state index in [0.717, 1.165) is 61.2 Å². The van der Waals surface area contributed by atoms with Gasteiger partial charge in [0.2, 0.25) is 0 Å². The smallest absolute Gasteiger partial charge is 0.256 e. The SMILES string of the molecule is CO[C@@H]1CCC[C@]12CCCN(C(=O)c1c(-c3ccccc3)ccnc1C)C2. The van der Waals surface area contributed by atoms with Crippen LogP contribution in [-0.4, -0.2) is 42.1 Å². The van der Waals surface area contributed by atoms with Crippen LogP contribution in [0.1, 0.15) is 48.2 Å². The van der Waals surface area contributed by atoms with Crippen molar-refractivity contribution < 1.29 is 9.53 Å². The van der Waals surface area contributed by atoms with E-state index in [1.165, 1.54) is 6.42 Å². The fourth-order valence-electron chi connectivity index (χ4n) is 5.13. The van der Waals surface area contributed by atoms with Gasteiger partial charge in [0.05, 0.1) is 17.4 Å². The molecule has 2 aromatic rings. The number of benzene rings is 1. The molecular weight excluding hydrogens is 336 g/mol. The molecule has 0 unspecified atom stereocenters. The van der Waals surface area contributed by atoms with Gasteiger partial charge in [-0.3, -0.25) is 9.78 Å². The van der Waals surface area contributed by atoms with Gasteiger partial charge in [-0.15, -0.1) is 0 Å². The summed E-state index contributed by atoms with van der Waals surface area (Å²) in [6, 6.07) is 12.1. The Kier molecular flexibility index (Phi) is 5.00. The molecule has 2 heterocycles. The number of aryl methyl sites for hydroxylation is 1. The summed E-state index contributed by atoms with van der Waals surface area (Å²) in [5.74, 6) is 0.111. The lowest BCUT2D eigenvalue weighted by Crippen LogP contribution is -2.50. The molecule has 1 spiro atoms. The van der Waals surface area contributed by atoms with Gasteiger partial charge >= 0.3 is 0 Å². The maximum Gasteiger partial charge on any atom is 0.256 e. The van der Waals surface area contributed by atoms with Crippen LogP contribution in [0.4, 0.5) is 0 Å². The second-order valence-electron chi connectivity index (χ2n) is 7.99. The van der Waals surface area contributed by atoms with Crippen molar-refractivity contribution in [1.82, 2.24) is 9.88 Å². The van der Waals surface area contributed by atoms with Gasteiger partial charge in [0, 0.05) is 31.8 Å². The van der Waals surface area contributed by atoms with Gasteiger partial charge < -0.3 is 9.64 Å². The third-order valence-electron chi connectivity index (χ3n) is 6.44. The number of pyridine rings is 1. The number of piperidine rings is 1. The first kappa shape index (κ1) is 18.2. The number of ether oxygens (including phenoxy) is 1. The molecule has 1 saturated carbocycles. The number of carbonyl (C=O) groups excluding carboxylic acids is 1. The summed E-state index contributed by atoms with van der Waals surface area (Å²) >= 11 is 0. The fourth-order valence-corrected chi connectivity index (χ4v) is 5.13. The monoisotopic (exact) mass is 364 g/mol. The Labute approximate surface area is 161 Å². The topological polar surface area (TPSA) is 42.4 Å². The minimum atomic E-state index is 0.111. The minimum Gasteiger partial charge on any atom is -0.381 e. The highest BCUT2D eigenvalue weighted by molar-refractivity contribution is 6.01. The number of hydrogen-bond donors (Lipinski definition) is 0. The van der Waals surface area contributed by atoms with E-state index in [0.29, 0.717) is 0 Å². The molecule has 1 aromatic carbocycles. The maximum absolute atomic E-state index is 13.6. The molecule has 1 saturated heterocycles. The molecule has 1 aliphatic heterocycles. The normalized spacial score (nSPS) is 25.1. The first-order valence-electron chi connectivity index (χ1n) is 9.98. The Bertz CT molecular complexity index is 820. The predicted molar refractivity (Wildman–Crippen MR) is 107 cm³/mol. The lowest BCUT2D eigenvalue weighted by atomic mass is 9.76. The highest BCUT2D eigenvalue weighted by Crippen LogP contribution is 2.46. The largest absolute Gasteiger partial charge is 0.381 e. The van der Waals surface area contributed by atoms with Gasteiger partial charge in [-0.2, -0.15) is 0 Å². The van der Waals surface area contributed by atoms with Crippen molar-refractivity contribution in [1.29, 1.82) is 0 Å². The summed E-state index contributed by atoms with van der Waals surface area (Å²) in [5, 5.41) is 0. The van der Waals surface area contributed by atoms with E-state index in [1.807, 2.05) is 38.3 Å². The summed E-state index contributed by atoms with van der Waals surface area (Å²) in [6.45, 7) is 3.55. The molecule has 1 amide bonds. The highest BCUT2D eigenvalue weighted by Gasteiger charge is 2.47. The van der Waals surface area contributed by atoms with E-state index in [2.05, 4.69) is 22.0 Å². The summed E-state index contributed by atoms with van der Waals surface area (Å²) in [7, 11) is 1.82. The Balaban J connectivity index is 1.67. The van der Waals surface area contributed by atoms with Crippen molar-refractivity contribution in [3.05, 3.63) is 53.9 Å². The van der Waals surface area contributed by atoms with Crippen LogP contribution in [0.2, 0.25) is 0 Å². The summed E-state index contributed by atoms with van der Waals surface area (Å²) in [6.07, 6.45) is 7.74. The van der Waals surface area contributed by atoms with Crippen molar-refractivity contribution in [2.24, 2.45) is 5.41 Å². The Morgan fingerprint density at radius 3 is 2.74 bits per heavy atom. The van der Waals surface area contributed by atoms with Crippen molar-refractivity contribution in [2.75, 3.05) is 20.2 Å².